The fourth-order valence-corrected chi connectivity index (χ4v) is 1.11. The SMILES string of the molecule is Cc1cc(C)c(CN=C(N)NN)cn1. The molecule has 0 amide bonds. The van der Waals surface area contributed by atoms with Crippen molar-refractivity contribution in [3.05, 3.63) is 29.1 Å². The highest BCUT2D eigenvalue weighted by Gasteiger charge is 1.98. The molecule has 0 aliphatic carbocycles. The summed E-state index contributed by atoms with van der Waals surface area (Å²) in [5.41, 5.74) is 10.9. The van der Waals surface area contributed by atoms with E-state index < -0.39 is 0 Å². The minimum Gasteiger partial charge on any atom is -0.369 e. The second-order valence-corrected chi connectivity index (χ2v) is 3.10. The molecule has 0 radical (unpaired) electrons. The number of aliphatic imine (C=N–C) groups is 1. The van der Waals surface area contributed by atoms with Gasteiger partial charge in [-0.1, -0.05) is 0 Å². The molecule has 1 aromatic rings. The summed E-state index contributed by atoms with van der Waals surface area (Å²) in [6, 6.07) is 2.01. The van der Waals surface area contributed by atoms with Gasteiger partial charge in [0.05, 0.1) is 6.54 Å². The monoisotopic (exact) mass is 193 g/mol. The van der Waals surface area contributed by atoms with Crippen LogP contribution in [0.4, 0.5) is 0 Å². The molecule has 1 rings (SSSR count). The Morgan fingerprint density at radius 1 is 1.57 bits per heavy atom. The van der Waals surface area contributed by atoms with E-state index >= 15 is 0 Å². The number of hydrazine groups is 1. The summed E-state index contributed by atoms with van der Waals surface area (Å²) in [7, 11) is 0. The summed E-state index contributed by atoms with van der Waals surface area (Å²) in [4.78, 5) is 8.20. The second kappa shape index (κ2) is 4.57. The molecule has 0 saturated carbocycles. The molecule has 5 N–H and O–H groups in total. The molecule has 0 aliphatic rings. The quantitative estimate of drug-likeness (QED) is 0.266. The van der Waals surface area contributed by atoms with Gasteiger partial charge in [0.25, 0.3) is 0 Å². The molecule has 0 bridgehead atoms. The lowest BCUT2D eigenvalue weighted by atomic mass is 10.1. The van der Waals surface area contributed by atoms with Gasteiger partial charge in [-0.15, -0.1) is 0 Å². The van der Waals surface area contributed by atoms with Gasteiger partial charge >= 0.3 is 0 Å². The van der Waals surface area contributed by atoms with E-state index in [1.807, 2.05) is 19.9 Å². The van der Waals surface area contributed by atoms with Crippen molar-refractivity contribution in [1.82, 2.24) is 10.4 Å². The lowest BCUT2D eigenvalue weighted by Gasteiger charge is -2.03. The van der Waals surface area contributed by atoms with Crippen molar-refractivity contribution in [1.29, 1.82) is 0 Å². The molecule has 0 unspecified atom stereocenters. The number of hydrogen-bond donors (Lipinski definition) is 3. The number of nitrogens with two attached hydrogens (primary N) is 2. The maximum atomic E-state index is 5.39. The van der Waals surface area contributed by atoms with E-state index in [1.165, 1.54) is 0 Å². The first-order valence-electron chi connectivity index (χ1n) is 4.32. The first-order chi connectivity index (χ1) is 6.63. The predicted molar refractivity (Wildman–Crippen MR) is 56.4 cm³/mol. The Morgan fingerprint density at radius 2 is 2.29 bits per heavy atom. The van der Waals surface area contributed by atoms with Crippen molar-refractivity contribution >= 4 is 5.96 Å². The van der Waals surface area contributed by atoms with E-state index in [9.17, 15) is 0 Å². The molecule has 0 atom stereocenters. The summed E-state index contributed by atoms with van der Waals surface area (Å²) in [6.07, 6.45) is 1.80. The van der Waals surface area contributed by atoms with E-state index in [0.717, 1.165) is 16.8 Å². The normalized spacial score (nSPS) is 11.5. The van der Waals surface area contributed by atoms with Crippen LogP contribution in [0, 0.1) is 13.8 Å². The third-order valence-corrected chi connectivity index (χ3v) is 1.92. The molecular weight excluding hydrogens is 178 g/mol. The average molecular weight is 193 g/mol. The molecule has 0 fully saturated rings. The van der Waals surface area contributed by atoms with Crippen LogP contribution in [0.15, 0.2) is 17.3 Å². The van der Waals surface area contributed by atoms with Crippen molar-refractivity contribution in [3.8, 4) is 0 Å². The largest absolute Gasteiger partial charge is 0.369 e. The van der Waals surface area contributed by atoms with E-state index in [0.29, 0.717) is 6.54 Å². The molecular formula is C9H15N5. The van der Waals surface area contributed by atoms with E-state index in [2.05, 4.69) is 15.4 Å². The summed E-state index contributed by atoms with van der Waals surface area (Å²) in [5, 5.41) is 0. The Balaban J connectivity index is 2.77. The van der Waals surface area contributed by atoms with Gasteiger partial charge in [0, 0.05) is 11.9 Å². The third kappa shape index (κ3) is 2.70. The zero-order valence-electron chi connectivity index (χ0n) is 8.41. The van der Waals surface area contributed by atoms with Crippen molar-refractivity contribution < 1.29 is 0 Å². The number of rotatable bonds is 2. The Bertz CT molecular complexity index is 345. The molecule has 0 spiro atoms. The van der Waals surface area contributed by atoms with Gasteiger partial charge in [0.1, 0.15) is 0 Å². The van der Waals surface area contributed by atoms with Crippen molar-refractivity contribution in [2.45, 2.75) is 20.4 Å². The number of aryl methyl sites for hydroxylation is 2. The second-order valence-electron chi connectivity index (χ2n) is 3.10. The minimum atomic E-state index is 0.227. The van der Waals surface area contributed by atoms with E-state index in [-0.39, 0.29) is 5.96 Å². The number of pyridine rings is 1. The maximum absolute atomic E-state index is 5.39. The molecule has 0 aromatic carbocycles. The van der Waals surface area contributed by atoms with Crippen LogP contribution in [0.1, 0.15) is 16.8 Å². The molecule has 0 saturated heterocycles. The highest BCUT2D eigenvalue weighted by molar-refractivity contribution is 5.77. The first kappa shape index (κ1) is 10.5. The molecule has 0 aliphatic heterocycles. The Hall–Kier alpha value is -1.62. The van der Waals surface area contributed by atoms with E-state index in [1.54, 1.807) is 6.20 Å². The lowest BCUT2D eigenvalue weighted by molar-refractivity contribution is 0.944. The molecule has 76 valence electrons. The molecule has 14 heavy (non-hydrogen) atoms. The van der Waals surface area contributed by atoms with Crippen molar-refractivity contribution in [3.63, 3.8) is 0 Å². The Labute approximate surface area is 83.2 Å². The number of nitrogens with zero attached hydrogens (tertiary/aromatic N) is 2. The van der Waals surface area contributed by atoms with Crippen LogP contribution < -0.4 is 17.0 Å². The zero-order valence-corrected chi connectivity index (χ0v) is 8.41. The van der Waals surface area contributed by atoms with Crippen molar-refractivity contribution in [2.24, 2.45) is 16.6 Å². The number of aromatic nitrogens is 1. The zero-order chi connectivity index (χ0) is 10.6. The number of hydrogen-bond acceptors (Lipinski definition) is 3. The van der Waals surface area contributed by atoms with Gasteiger partial charge in [-0.2, -0.15) is 0 Å². The van der Waals surface area contributed by atoms with Gasteiger partial charge < -0.3 is 5.73 Å². The summed E-state index contributed by atoms with van der Waals surface area (Å²) in [5.74, 6) is 5.30. The van der Waals surface area contributed by atoms with Gasteiger partial charge in [-0.3, -0.25) is 10.4 Å². The highest BCUT2D eigenvalue weighted by Crippen LogP contribution is 2.08. The highest BCUT2D eigenvalue weighted by atomic mass is 15.3. The topological polar surface area (TPSA) is 89.3 Å². The summed E-state index contributed by atoms with van der Waals surface area (Å²) >= 11 is 0. The Kier molecular flexibility index (Phi) is 3.41. The maximum Gasteiger partial charge on any atom is 0.203 e. The third-order valence-electron chi connectivity index (χ3n) is 1.92. The Morgan fingerprint density at radius 3 is 2.86 bits per heavy atom. The van der Waals surface area contributed by atoms with Crippen LogP contribution in [-0.4, -0.2) is 10.9 Å². The fourth-order valence-electron chi connectivity index (χ4n) is 1.11. The average Bonchev–Trinajstić information content (AvgIpc) is 2.16. The minimum absolute atomic E-state index is 0.227. The molecule has 1 aromatic heterocycles. The van der Waals surface area contributed by atoms with Gasteiger partial charge in [-0.05, 0) is 31.0 Å². The van der Waals surface area contributed by atoms with Crippen LogP contribution in [0.3, 0.4) is 0 Å². The van der Waals surface area contributed by atoms with Crippen LogP contribution in [-0.2, 0) is 6.54 Å². The lowest BCUT2D eigenvalue weighted by Crippen LogP contribution is -2.37. The van der Waals surface area contributed by atoms with Crippen LogP contribution in [0.5, 0.6) is 0 Å². The van der Waals surface area contributed by atoms with Gasteiger partial charge in [0.15, 0.2) is 0 Å². The number of nitrogens with one attached hydrogen (secondary N) is 1. The van der Waals surface area contributed by atoms with Crippen molar-refractivity contribution in [2.75, 3.05) is 0 Å². The summed E-state index contributed by atoms with van der Waals surface area (Å²) < 4.78 is 0. The fraction of sp³-hybridized carbons (Fsp3) is 0.333. The van der Waals surface area contributed by atoms with Crippen LogP contribution in [0.2, 0.25) is 0 Å². The van der Waals surface area contributed by atoms with Crippen LogP contribution >= 0.6 is 0 Å². The van der Waals surface area contributed by atoms with E-state index in [4.69, 9.17) is 11.6 Å². The number of guanidine groups is 1. The van der Waals surface area contributed by atoms with Gasteiger partial charge in [0.2, 0.25) is 5.96 Å². The summed E-state index contributed by atoms with van der Waals surface area (Å²) in [6.45, 7) is 4.47. The predicted octanol–water partition coefficient (Wildman–Crippen LogP) is -0.0236. The molecule has 5 heteroatoms. The van der Waals surface area contributed by atoms with Crippen LogP contribution in [0.25, 0.3) is 0 Å². The molecule has 5 nitrogen and oxygen atoms in total. The van der Waals surface area contributed by atoms with Gasteiger partial charge in [-0.25, -0.2) is 10.8 Å². The smallest absolute Gasteiger partial charge is 0.203 e. The molecule has 1 heterocycles. The first-order valence-corrected chi connectivity index (χ1v) is 4.32. The standard InChI is InChI=1S/C9H15N5/c1-6-3-7(2)12-4-8(6)5-13-9(10)14-11/h3-4H,5,11H2,1-2H3,(H3,10,13,14).